The molecule has 0 heterocycles. The van der Waals surface area contributed by atoms with Crippen molar-refractivity contribution in [1.82, 2.24) is 0 Å². The van der Waals surface area contributed by atoms with E-state index in [2.05, 4.69) is 5.92 Å². The van der Waals surface area contributed by atoms with Crippen LogP contribution in [0.4, 0.5) is 13.2 Å². The molecule has 1 aromatic rings. The minimum absolute atomic E-state index is 0.154. The summed E-state index contributed by atoms with van der Waals surface area (Å²) in [5, 5.41) is 0. The summed E-state index contributed by atoms with van der Waals surface area (Å²) in [6.45, 7) is 4.18. The fourth-order valence-corrected chi connectivity index (χ4v) is 1.19. The zero-order valence-corrected chi connectivity index (χ0v) is 9.64. The van der Waals surface area contributed by atoms with Crippen molar-refractivity contribution in [3.05, 3.63) is 29.3 Å². The van der Waals surface area contributed by atoms with Crippen molar-refractivity contribution in [1.29, 1.82) is 0 Å². The zero-order chi connectivity index (χ0) is 13.1. The van der Waals surface area contributed by atoms with Crippen molar-refractivity contribution in [3.8, 4) is 18.1 Å². The molecule has 0 unspecified atom stereocenters. The molecule has 0 amide bonds. The third-order valence-electron chi connectivity index (χ3n) is 1.98. The van der Waals surface area contributed by atoms with Crippen LogP contribution in [-0.2, 0) is 6.18 Å². The zero-order valence-electron chi connectivity index (χ0n) is 9.64. The minimum atomic E-state index is -4.41. The Balaban J connectivity index is 3.03. The minimum Gasteiger partial charge on any atom is -0.493 e. The highest BCUT2D eigenvalue weighted by atomic mass is 19.4. The second-order valence-electron chi connectivity index (χ2n) is 4.09. The van der Waals surface area contributed by atoms with Gasteiger partial charge in [0.2, 0.25) is 0 Å². The maximum absolute atomic E-state index is 12.6. The lowest BCUT2D eigenvalue weighted by Gasteiger charge is -2.12. The lowest BCUT2D eigenvalue weighted by Crippen LogP contribution is -2.08. The summed E-state index contributed by atoms with van der Waals surface area (Å²) in [5.41, 5.74) is -0.620. The molecule has 17 heavy (non-hydrogen) atoms. The topological polar surface area (TPSA) is 9.23 Å². The van der Waals surface area contributed by atoms with E-state index in [0.29, 0.717) is 6.61 Å². The van der Waals surface area contributed by atoms with E-state index in [9.17, 15) is 13.2 Å². The van der Waals surface area contributed by atoms with E-state index in [4.69, 9.17) is 11.2 Å². The highest BCUT2D eigenvalue weighted by molar-refractivity contribution is 5.43. The number of benzene rings is 1. The summed E-state index contributed by atoms with van der Waals surface area (Å²) in [6, 6.07) is 3.32. The molecule has 1 rings (SSSR count). The van der Waals surface area contributed by atoms with Crippen LogP contribution in [0.5, 0.6) is 5.75 Å². The Kier molecular flexibility index (Phi) is 4.06. The highest BCUT2D eigenvalue weighted by Gasteiger charge is 2.31. The van der Waals surface area contributed by atoms with Gasteiger partial charge in [-0.05, 0) is 24.1 Å². The Morgan fingerprint density at radius 2 is 1.94 bits per heavy atom. The molecule has 0 aromatic heterocycles. The third-order valence-corrected chi connectivity index (χ3v) is 1.98. The second-order valence-corrected chi connectivity index (χ2v) is 4.09. The number of alkyl halides is 3. The van der Waals surface area contributed by atoms with Crippen LogP contribution in [0.1, 0.15) is 25.0 Å². The van der Waals surface area contributed by atoms with Crippen molar-refractivity contribution in [2.75, 3.05) is 6.61 Å². The monoisotopic (exact) mass is 242 g/mol. The Hall–Kier alpha value is -1.63. The molecule has 1 aromatic carbocycles. The van der Waals surface area contributed by atoms with Gasteiger partial charge in [-0.25, -0.2) is 0 Å². The normalized spacial score (nSPS) is 11.4. The van der Waals surface area contributed by atoms with Crippen LogP contribution in [0.2, 0.25) is 0 Å². The van der Waals surface area contributed by atoms with E-state index < -0.39 is 11.7 Å². The molecule has 0 radical (unpaired) electrons. The molecule has 0 aliphatic carbocycles. The first kappa shape index (κ1) is 13.4. The Morgan fingerprint density at radius 3 is 2.41 bits per heavy atom. The number of hydrogen-bond donors (Lipinski definition) is 0. The predicted octanol–water partition coefficient (Wildman–Crippen LogP) is 3.72. The number of terminal acetylenes is 1. The van der Waals surface area contributed by atoms with Crippen molar-refractivity contribution in [3.63, 3.8) is 0 Å². The van der Waals surface area contributed by atoms with Gasteiger partial charge in [-0.2, -0.15) is 13.2 Å². The van der Waals surface area contributed by atoms with Crippen LogP contribution in [0.15, 0.2) is 18.2 Å². The fraction of sp³-hybridized carbons (Fsp3) is 0.385. The number of ether oxygens (including phenoxy) is 1. The smallest absolute Gasteiger partial charge is 0.416 e. The summed E-state index contributed by atoms with van der Waals surface area (Å²) < 4.78 is 42.9. The first-order valence-corrected chi connectivity index (χ1v) is 5.14. The highest BCUT2D eigenvalue weighted by Crippen LogP contribution is 2.32. The van der Waals surface area contributed by atoms with E-state index in [1.165, 1.54) is 6.07 Å². The lowest BCUT2D eigenvalue weighted by molar-refractivity contribution is -0.137. The molecule has 0 saturated carbocycles. The van der Waals surface area contributed by atoms with Crippen LogP contribution < -0.4 is 4.74 Å². The fourth-order valence-electron chi connectivity index (χ4n) is 1.19. The van der Waals surface area contributed by atoms with Gasteiger partial charge in [-0.3, -0.25) is 0 Å². The molecular formula is C13H13F3O. The number of halogens is 3. The predicted molar refractivity (Wildman–Crippen MR) is 59.7 cm³/mol. The van der Waals surface area contributed by atoms with E-state index in [1.807, 2.05) is 13.8 Å². The molecule has 0 bridgehead atoms. The average molecular weight is 242 g/mol. The van der Waals surface area contributed by atoms with Crippen LogP contribution in [-0.4, -0.2) is 6.61 Å². The quantitative estimate of drug-likeness (QED) is 0.734. The van der Waals surface area contributed by atoms with Gasteiger partial charge in [-0.1, -0.05) is 19.8 Å². The standard InChI is InChI=1S/C13H13F3O/c1-4-10-5-11(13(14,15)16)7-12(6-10)17-8-9(2)3/h1,5-7,9H,8H2,2-3H3. The van der Waals surface area contributed by atoms with Crippen LogP contribution >= 0.6 is 0 Å². The molecule has 0 fully saturated rings. The summed E-state index contributed by atoms with van der Waals surface area (Å²) in [7, 11) is 0. The van der Waals surface area contributed by atoms with Gasteiger partial charge in [0.05, 0.1) is 12.2 Å². The van der Waals surface area contributed by atoms with Gasteiger partial charge in [0.15, 0.2) is 0 Å². The van der Waals surface area contributed by atoms with Gasteiger partial charge in [0.1, 0.15) is 5.75 Å². The first-order valence-electron chi connectivity index (χ1n) is 5.14. The SMILES string of the molecule is C#Cc1cc(OCC(C)C)cc(C(F)(F)F)c1. The number of rotatable bonds is 3. The van der Waals surface area contributed by atoms with E-state index in [0.717, 1.165) is 12.1 Å². The molecule has 0 N–H and O–H groups in total. The molecule has 0 aliphatic heterocycles. The molecule has 0 saturated heterocycles. The van der Waals surface area contributed by atoms with Crippen molar-refractivity contribution in [2.45, 2.75) is 20.0 Å². The van der Waals surface area contributed by atoms with Gasteiger partial charge >= 0.3 is 6.18 Å². The first-order chi connectivity index (χ1) is 7.82. The molecule has 92 valence electrons. The summed E-state index contributed by atoms with van der Waals surface area (Å²) >= 11 is 0. The van der Waals surface area contributed by atoms with E-state index in [-0.39, 0.29) is 17.2 Å². The largest absolute Gasteiger partial charge is 0.493 e. The third kappa shape index (κ3) is 4.03. The van der Waals surface area contributed by atoms with Gasteiger partial charge in [0, 0.05) is 5.56 Å². The second kappa shape index (κ2) is 5.13. The molecule has 0 aliphatic rings. The van der Waals surface area contributed by atoms with Crippen molar-refractivity contribution in [2.24, 2.45) is 5.92 Å². The van der Waals surface area contributed by atoms with E-state index in [1.54, 1.807) is 0 Å². The van der Waals surface area contributed by atoms with E-state index >= 15 is 0 Å². The van der Waals surface area contributed by atoms with Gasteiger partial charge in [-0.15, -0.1) is 6.42 Å². The van der Waals surface area contributed by atoms with Crippen LogP contribution in [0.3, 0.4) is 0 Å². The Morgan fingerprint density at radius 1 is 1.29 bits per heavy atom. The maximum atomic E-state index is 12.6. The molecule has 4 heteroatoms. The number of hydrogen-bond acceptors (Lipinski definition) is 1. The molecule has 0 atom stereocenters. The maximum Gasteiger partial charge on any atom is 0.416 e. The summed E-state index contributed by atoms with van der Waals surface area (Å²) in [4.78, 5) is 0. The average Bonchev–Trinajstić information content (AvgIpc) is 2.24. The Bertz CT molecular complexity index is 427. The van der Waals surface area contributed by atoms with Crippen LogP contribution in [0, 0.1) is 18.3 Å². The molecule has 1 nitrogen and oxygen atoms in total. The van der Waals surface area contributed by atoms with Gasteiger partial charge < -0.3 is 4.74 Å². The van der Waals surface area contributed by atoms with Crippen LogP contribution in [0.25, 0.3) is 0 Å². The molecular weight excluding hydrogens is 229 g/mol. The summed E-state index contributed by atoms with van der Waals surface area (Å²) in [6.07, 6.45) is 0.700. The van der Waals surface area contributed by atoms with Crippen molar-refractivity contribution < 1.29 is 17.9 Å². The Labute approximate surface area is 98.6 Å². The summed E-state index contributed by atoms with van der Waals surface area (Å²) in [5.74, 6) is 2.58. The van der Waals surface area contributed by atoms with Gasteiger partial charge in [0.25, 0.3) is 0 Å². The lowest BCUT2D eigenvalue weighted by atomic mass is 10.1. The molecule has 0 spiro atoms. The van der Waals surface area contributed by atoms with Crippen molar-refractivity contribution >= 4 is 0 Å².